The lowest BCUT2D eigenvalue weighted by atomic mass is 10.0. The Hall–Kier alpha value is -4.01. The molecule has 184 valence electrons. The molecule has 0 aliphatic carbocycles. The molecule has 0 amide bonds. The molecule has 1 aromatic carbocycles. The summed E-state index contributed by atoms with van der Waals surface area (Å²) in [6.07, 6.45) is 9.78. The van der Waals surface area contributed by atoms with Crippen LogP contribution in [0.3, 0.4) is 0 Å². The Labute approximate surface area is 217 Å². The third-order valence-electron chi connectivity index (χ3n) is 7.00. The van der Waals surface area contributed by atoms with E-state index in [9.17, 15) is 0 Å². The number of rotatable bonds is 5. The molecule has 6 aromatic rings. The van der Waals surface area contributed by atoms with Crippen molar-refractivity contribution in [3.63, 3.8) is 0 Å². The van der Waals surface area contributed by atoms with Crippen molar-refractivity contribution in [3.8, 4) is 38.7 Å². The lowest BCUT2D eigenvalue weighted by molar-refractivity contribution is 0.162. The molecule has 5 aromatic heterocycles. The second-order valence-corrected chi connectivity index (χ2v) is 10.8. The molecule has 1 saturated heterocycles. The SMILES string of the molecule is Cc1ccc(-c2cncc3[nH]c(-c4n[nH]c5ccc(-c6cncc(OC7CCNCC7)c6)cc45)cc23)s1. The average Bonchev–Trinajstić information content (AvgIpc) is 3.66. The number of aryl methyl sites for hydroxylation is 1. The molecule has 0 spiro atoms. The molecule has 6 heterocycles. The minimum absolute atomic E-state index is 0.237. The van der Waals surface area contributed by atoms with Gasteiger partial charge < -0.3 is 15.0 Å². The van der Waals surface area contributed by atoms with Crippen molar-refractivity contribution >= 4 is 33.1 Å². The average molecular weight is 507 g/mol. The highest BCUT2D eigenvalue weighted by Gasteiger charge is 2.17. The number of pyridine rings is 2. The maximum Gasteiger partial charge on any atom is 0.138 e. The summed E-state index contributed by atoms with van der Waals surface area (Å²) in [7, 11) is 0. The van der Waals surface area contributed by atoms with Crippen molar-refractivity contribution < 1.29 is 4.74 Å². The van der Waals surface area contributed by atoms with Gasteiger partial charge in [0.15, 0.2) is 0 Å². The first-order chi connectivity index (χ1) is 18.2. The Balaban J connectivity index is 1.26. The Bertz CT molecular complexity index is 1730. The number of benzene rings is 1. The highest BCUT2D eigenvalue weighted by Crippen LogP contribution is 2.37. The topological polar surface area (TPSA) is 91.5 Å². The summed E-state index contributed by atoms with van der Waals surface area (Å²) in [5, 5.41) is 13.4. The van der Waals surface area contributed by atoms with Crippen LogP contribution >= 0.6 is 11.3 Å². The van der Waals surface area contributed by atoms with Crippen LogP contribution in [0.5, 0.6) is 5.75 Å². The summed E-state index contributed by atoms with van der Waals surface area (Å²) in [6, 6.07) is 14.9. The molecule has 3 N–H and O–H groups in total. The molecule has 8 heteroatoms. The van der Waals surface area contributed by atoms with Crippen LogP contribution in [0.2, 0.25) is 0 Å². The van der Waals surface area contributed by atoms with E-state index in [1.807, 2.05) is 18.6 Å². The van der Waals surface area contributed by atoms with E-state index >= 15 is 0 Å². The van der Waals surface area contributed by atoms with E-state index in [0.717, 1.165) is 81.6 Å². The summed E-state index contributed by atoms with van der Waals surface area (Å²) in [6.45, 7) is 4.12. The van der Waals surface area contributed by atoms with Gasteiger partial charge in [0, 0.05) is 44.0 Å². The number of nitrogens with one attached hydrogen (secondary N) is 3. The van der Waals surface area contributed by atoms with Crippen molar-refractivity contribution in [2.75, 3.05) is 13.1 Å². The van der Waals surface area contributed by atoms with Crippen LogP contribution in [0, 0.1) is 6.92 Å². The lowest BCUT2D eigenvalue weighted by Gasteiger charge is -2.23. The standard InChI is InChI=1S/C29H26N6OS/c1-17-2-5-28(37-17)24-15-32-16-27-22(24)12-26(33-27)29-23-11-18(3-4-25(23)34-35-29)19-10-21(14-31-13-19)36-20-6-8-30-9-7-20/h2-5,10-16,20,30,33H,6-9H2,1H3,(H,34,35). The van der Waals surface area contributed by atoms with Gasteiger partial charge in [-0.3, -0.25) is 15.1 Å². The zero-order valence-electron chi connectivity index (χ0n) is 20.4. The molecular weight excluding hydrogens is 480 g/mol. The number of aromatic nitrogens is 5. The van der Waals surface area contributed by atoms with Crippen molar-refractivity contribution in [1.82, 2.24) is 30.5 Å². The number of thiophene rings is 1. The van der Waals surface area contributed by atoms with E-state index in [0.29, 0.717) is 0 Å². The van der Waals surface area contributed by atoms with Gasteiger partial charge in [0.05, 0.1) is 29.1 Å². The molecule has 0 saturated carbocycles. The fraction of sp³-hybridized carbons (Fsp3) is 0.207. The predicted octanol–water partition coefficient (Wildman–Crippen LogP) is 6.34. The first-order valence-electron chi connectivity index (χ1n) is 12.6. The summed E-state index contributed by atoms with van der Waals surface area (Å²) >= 11 is 1.78. The Kier molecular flexibility index (Phi) is 5.48. The maximum atomic E-state index is 6.23. The van der Waals surface area contributed by atoms with Crippen molar-refractivity contribution in [3.05, 3.63) is 72.1 Å². The molecule has 0 radical (unpaired) electrons. The smallest absolute Gasteiger partial charge is 0.138 e. The van der Waals surface area contributed by atoms with E-state index in [1.165, 1.54) is 9.75 Å². The Morgan fingerprint density at radius 2 is 1.76 bits per heavy atom. The van der Waals surface area contributed by atoms with Crippen LogP contribution in [0.25, 0.3) is 54.8 Å². The van der Waals surface area contributed by atoms with Crippen molar-refractivity contribution in [2.45, 2.75) is 25.9 Å². The van der Waals surface area contributed by atoms with Crippen LogP contribution in [0.15, 0.2) is 67.3 Å². The molecule has 1 aliphatic rings. The first kappa shape index (κ1) is 22.2. The van der Waals surface area contributed by atoms with Gasteiger partial charge in [-0.05, 0) is 74.8 Å². The highest BCUT2D eigenvalue weighted by atomic mass is 32.1. The van der Waals surface area contributed by atoms with E-state index < -0.39 is 0 Å². The van der Waals surface area contributed by atoms with Gasteiger partial charge in [-0.2, -0.15) is 5.10 Å². The normalized spacial score (nSPS) is 14.5. The van der Waals surface area contributed by atoms with Crippen molar-refractivity contribution in [1.29, 1.82) is 0 Å². The van der Waals surface area contributed by atoms with Crippen LogP contribution in [-0.2, 0) is 0 Å². The fourth-order valence-corrected chi connectivity index (χ4v) is 5.99. The molecule has 1 fully saturated rings. The molecule has 0 atom stereocenters. The number of piperidine rings is 1. The van der Waals surface area contributed by atoms with Gasteiger partial charge in [0.1, 0.15) is 17.5 Å². The number of hydrogen-bond acceptors (Lipinski definition) is 6. The minimum atomic E-state index is 0.237. The molecule has 7 rings (SSSR count). The second kappa shape index (κ2) is 9.14. The molecule has 0 bridgehead atoms. The first-order valence-corrected chi connectivity index (χ1v) is 13.4. The number of aromatic amines is 2. The Morgan fingerprint density at radius 1 is 0.865 bits per heavy atom. The number of nitrogens with zero attached hydrogens (tertiary/aromatic N) is 3. The highest BCUT2D eigenvalue weighted by molar-refractivity contribution is 7.15. The van der Waals surface area contributed by atoms with Gasteiger partial charge in [-0.25, -0.2) is 0 Å². The fourth-order valence-electron chi connectivity index (χ4n) is 5.10. The summed E-state index contributed by atoms with van der Waals surface area (Å²) in [4.78, 5) is 15.0. The van der Waals surface area contributed by atoms with Crippen LogP contribution in [-0.4, -0.2) is 44.3 Å². The third kappa shape index (κ3) is 4.18. The van der Waals surface area contributed by atoms with Crippen molar-refractivity contribution in [2.24, 2.45) is 0 Å². The van der Waals surface area contributed by atoms with Crippen LogP contribution < -0.4 is 10.1 Å². The van der Waals surface area contributed by atoms with E-state index in [4.69, 9.17) is 4.74 Å². The zero-order chi connectivity index (χ0) is 24.8. The molecular formula is C29H26N6OS. The largest absolute Gasteiger partial charge is 0.489 e. The Morgan fingerprint density at radius 3 is 2.62 bits per heavy atom. The quantitative estimate of drug-likeness (QED) is 0.254. The number of fused-ring (bicyclic) bond motifs is 2. The van der Waals surface area contributed by atoms with Crippen LogP contribution in [0.1, 0.15) is 17.7 Å². The van der Waals surface area contributed by atoms with Gasteiger partial charge in [-0.1, -0.05) is 6.07 Å². The van der Waals surface area contributed by atoms with Crippen LogP contribution in [0.4, 0.5) is 0 Å². The van der Waals surface area contributed by atoms with Gasteiger partial charge in [0.25, 0.3) is 0 Å². The lowest BCUT2D eigenvalue weighted by Crippen LogP contribution is -2.34. The van der Waals surface area contributed by atoms with Gasteiger partial charge in [-0.15, -0.1) is 11.3 Å². The molecule has 7 nitrogen and oxygen atoms in total. The second-order valence-electron chi connectivity index (χ2n) is 9.55. The van der Waals surface area contributed by atoms with Gasteiger partial charge >= 0.3 is 0 Å². The number of hydrogen-bond donors (Lipinski definition) is 3. The maximum absolute atomic E-state index is 6.23. The summed E-state index contributed by atoms with van der Waals surface area (Å²) in [5.41, 5.74) is 7.06. The van der Waals surface area contributed by atoms with E-state index in [-0.39, 0.29) is 6.10 Å². The number of ether oxygens (including phenoxy) is 1. The van der Waals surface area contributed by atoms with Gasteiger partial charge in [0.2, 0.25) is 0 Å². The van der Waals surface area contributed by atoms with E-state index in [1.54, 1.807) is 17.5 Å². The molecule has 0 unspecified atom stereocenters. The summed E-state index contributed by atoms with van der Waals surface area (Å²) < 4.78 is 6.23. The molecule has 1 aliphatic heterocycles. The monoisotopic (exact) mass is 506 g/mol. The minimum Gasteiger partial charge on any atom is -0.489 e. The van der Waals surface area contributed by atoms with E-state index in [2.05, 4.69) is 79.9 Å². The summed E-state index contributed by atoms with van der Waals surface area (Å²) in [5.74, 6) is 0.816. The predicted molar refractivity (Wildman–Crippen MR) is 149 cm³/mol. The molecule has 37 heavy (non-hydrogen) atoms. The zero-order valence-corrected chi connectivity index (χ0v) is 21.2. The number of H-pyrrole nitrogens is 2. The third-order valence-corrected chi connectivity index (χ3v) is 8.04.